The molecule has 1 atom stereocenters. The maximum atomic E-state index is 11.1. The molecule has 2 rings (SSSR count). The molecule has 0 saturated heterocycles. The molecule has 20 heavy (non-hydrogen) atoms. The summed E-state index contributed by atoms with van der Waals surface area (Å²) in [4.78, 5) is 11.1. The van der Waals surface area contributed by atoms with Crippen molar-refractivity contribution in [2.24, 2.45) is 5.92 Å². The molecule has 2 N–H and O–H groups in total. The molecule has 0 radical (unpaired) electrons. The average Bonchev–Trinajstić information content (AvgIpc) is 2.46. The van der Waals surface area contributed by atoms with Crippen molar-refractivity contribution in [2.75, 3.05) is 24.3 Å². The topological polar surface area (TPSA) is 50.4 Å². The maximum absolute atomic E-state index is 11.1. The van der Waals surface area contributed by atoms with Crippen LogP contribution in [0.15, 0.2) is 30.4 Å². The number of hydrogen-bond donors (Lipinski definition) is 2. The zero-order valence-electron chi connectivity index (χ0n) is 12.1. The van der Waals surface area contributed by atoms with Crippen LogP contribution in [0.25, 0.3) is 0 Å². The fourth-order valence-corrected chi connectivity index (χ4v) is 2.40. The van der Waals surface area contributed by atoms with Crippen LogP contribution in [0.3, 0.4) is 0 Å². The Morgan fingerprint density at radius 2 is 2.25 bits per heavy atom. The number of carbonyl (C=O) groups excluding carboxylic acids is 1. The Morgan fingerprint density at radius 1 is 1.40 bits per heavy atom. The third kappa shape index (κ3) is 4.02. The van der Waals surface area contributed by atoms with Gasteiger partial charge in [0.15, 0.2) is 0 Å². The summed E-state index contributed by atoms with van der Waals surface area (Å²) < 4.78 is 5.31. The predicted molar refractivity (Wildman–Crippen MR) is 82.3 cm³/mol. The number of carbonyl (C=O) groups is 1. The average molecular weight is 274 g/mol. The van der Waals surface area contributed by atoms with E-state index < -0.39 is 0 Å². The first-order valence-electron chi connectivity index (χ1n) is 7.03. The molecule has 0 heterocycles. The number of nitrogens with one attached hydrogen (secondary N) is 2. The number of amides is 1. The number of allylic oxidation sites excluding steroid dienone is 2. The summed E-state index contributed by atoms with van der Waals surface area (Å²) in [6.07, 6.45) is 8.08. The van der Waals surface area contributed by atoms with Gasteiger partial charge in [-0.1, -0.05) is 12.2 Å². The predicted octanol–water partition coefficient (Wildman–Crippen LogP) is 3.42. The Hall–Kier alpha value is -1.97. The zero-order chi connectivity index (χ0) is 14.4. The molecule has 4 nitrogen and oxygen atoms in total. The van der Waals surface area contributed by atoms with Crippen molar-refractivity contribution in [1.82, 2.24) is 0 Å². The van der Waals surface area contributed by atoms with Crippen LogP contribution in [-0.2, 0) is 4.79 Å². The quantitative estimate of drug-likeness (QED) is 0.809. The second-order valence-electron chi connectivity index (χ2n) is 5.13. The zero-order valence-corrected chi connectivity index (χ0v) is 12.1. The number of rotatable bonds is 5. The van der Waals surface area contributed by atoms with Gasteiger partial charge in [-0.2, -0.15) is 0 Å². The highest BCUT2D eigenvalue weighted by atomic mass is 16.5. The largest absolute Gasteiger partial charge is 0.494 e. The molecule has 0 saturated carbocycles. The minimum atomic E-state index is -0.0991. The second kappa shape index (κ2) is 6.98. The normalized spacial score (nSPS) is 17.6. The summed E-state index contributed by atoms with van der Waals surface area (Å²) in [5.41, 5.74) is 1.72. The molecular weight excluding hydrogens is 252 g/mol. The molecule has 4 heteroatoms. The molecule has 1 aromatic rings. The molecule has 108 valence electrons. The molecular formula is C16H22N2O2. The van der Waals surface area contributed by atoms with Crippen molar-refractivity contribution in [3.63, 3.8) is 0 Å². The van der Waals surface area contributed by atoms with Crippen molar-refractivity contribution in [3.8, 4) is 5.75 Å². The van der Waals surface area contributed by atoms with E-state index in [1.165, 1.54) is 19.8 Å². The Kier molecular flexibility index (Phi) is 5.04. The summed E-state index contributed by atoms with van der Waals surface area (Å²) in [6.45, 7) is 2.45. The number of benzene rings is 1. The molecule has 0 bridgehead atoms. The summed E-state index contributed by atoms with van der Waals surface area (Å²) in [6, 6.07) is 5.75. The minimum Gasteiger partial charge on any atom is -0.494 e. The van der Waals surface area contributed by atoms with E-state index in [9.17, 15) is 4.79 Å². The number of anilines is 2. The van der Waals surface area contributed by atoms with Crippen molar-refractivity contribution in [1.29, 1.82) is 0 Å². The fourth-order valence-electron chi connectivity index (χ4n) is 2.40. The third-order valence-electron chi connectivity index (χ3n) is 3.48. The van der Waals surface area contributed by atoms with Crippen LogP contribution < -0.4 is 15.4 Å². The standard InChI is InChI=1S/C16H22N2O2/c1-12(19)18-15-9-8-14(10-16(15)20-2)17-11-13-6-4-3-5-7-13/h3-4,8-10,13,17H,5-7,11H2,1-2H3,(H,18,19). The van der Waals surface area contributed by atoms with E-state index in [0.717, 1.165) is 18.7 Å². The van der Waals surface area contributed by atoms with Gasteiger partial charge >= 0.3 is 0 Å². The van der Waals surface area contributed by atoms with E-state index in [2.05, 4.69) is 22.8 Å². The van der Waals surface area contributed by atoms with E-state index >= 15 is 0 Å². The van der Waals surface area contributed by atoms with E-state index in [1.807, 2.05) is 18.2 Å². The first-order valence-corrected chi connectivity index (χ1v) is 7.03. The lowest BCUT2D eigenvalue weighted by atomic mass is 9.94. The summed E-state index contributed by atoms with van der Waals surface area (Å²) in [5, 5.41) is 6.20. The molecule has 0 spiro atoms. The van der Waals surface area contributed by atoms with Crippen LogP contribution >= 0.6 is 0 Å². The first kappa shape index (κ1) is 14.4. The molecule has 1 aliphatic carbocycles. The van der Waals surface area contributed by atoms with Crippen LogP contribution in [0, 0.1) is 5.92 Å². The molecule has 1 aliphatic rings. The Bertz CT molecular complexity index is 497. The lowest BCUT2D eigenvalue weighted by molar-refractivity contribution is -0.114. The van der Waals surface area contributed by atoms with Crippen molar-refractivity contribution in [3.05, 3.63) is 30.4 Å². The number of methoxy groups -OCH3 is 1. The van der Waals surface area contributed by atoms with Crippen molar-refractivity contribution < 1.29 is 9.53 Å². The van der Waals surface area contributed by atoms with Gasteiger partial charge in [-0.05, 0) is 37.3 Å². The summed E-state index contributed by atoms with van der Waals surface area (Å²) >= 11 is 0. The Morgan fingerprint density at radius 3 is 2.90 bits per heavy atom. The monoisotopic (exact) mass is 274 g/mol. The van der Waals surface area contributed by atoms with Gasteiger partial charge in [0.25, 0.3) is 0 Å². The van der Waals surface area contributed by atoms with Gasteiger partial charge in [-0.25, -0.2) is 0 Å². The lowest BCUT2D eigenvalue weighted by Crippen LogP contribution is -2.15. The van der Waals surface area contributed by atoms with Gasteiger partial charge in [0.1, 0.15) is 5.75 Å². The highest BCUT2D eigenvalue weighted by molar-refractivity contribution is 5.90. The van der Waals surface area contributed by atoms with Crippen molar-refractivity contribution >= 4 is 17.3 Å². The van der Waals surface area contributed by atoms with Crippen LogP contribution in [0.4, 0.5) is 11.4 Å². The molecule has 1 amide bonds. The molecule has 1 aromatic carbocycles. The van der Waals surface area contributed by atoms with Gasteiger partial charge in [-0.15, -0.1) is 0 Å². The molecule has 1 unspecified atom stereocenters. The number of ether oxygens (including phenoxy) is 1. The second-order valence-corrected chi connectivity index (χ2v) is 5.13. The molecule has 0 aliphatic heterocycles. The summed E-state index contributed by atoms with van der Waals surface area (Å²) in [5.74, 6) is 1.27. The van der Waals surface area contributed by atoms with Gasteiger partial charge in [0.05, 0.1) is 12.8 Å². The lowest BCUT2D eigenvalue weighted by Gasteiger charge is -2.19. The van der Waals surface area contributed by atoms with E-state index in [-0.39, 0.29) is 5.91 Å². The number of hydrogen-bond acceptors (Lipinski definition) is 3. The minimum absolute atomic E-state index is 0.0991. The molecule has 0 fully saturated rings. The van der Waals surface area contributed by atoms with Crippen LogP contribution in [-0.4, -0.2) is 19.6 Å². The molecule has 0 aromatic heterocycles. The van der Waals surface area contributed by atoms with Gasteiger partial charge in [0.2, 0.25) is 5.91 Å². The Balaban J connectivity index is 1.98. The van der Waals surface area contributed by atoms with Crippen LogP contribution in [0.2, 0.25) is 0 Å². The van der Waals surface area contributed by atoms with Crippen LogP contribution in [0.1, 0.15) is 26.2 Å². The Labute approximate surface area is 120 Å². The highest BCUT2D eigenvalue weighted by Gasteiger charge is 2.10. The maximum Gasteiger partial charge on any atom is 0.221 e. The smallest absolute Gasteiger partial charge is 0.221 e. The highest BCUT2D eigenvalue weighted by Crippen LogP contribution is 2.28. The SMILES string of the molecule is COc1cc(NCC2CC=CCC2)ccc1NC(C)=O. The van der Waals surface area contributed by atoms with Gasteiger partial charge in [0, 0.05) is 25.2 Å². The van der Waals surface area contributed by atoms with E-state index in [4.69, 9.17) is 4.74 Å². The third-order valence-corrected chi connectivity index (χ3v) is 3.48. The first-order chi connectivity index (χ1) is 9.69. The fraction of sp³-hybridized carbons (Fsp3) is 0.438. The van der Waals surface area contributed by atoms with Crippen LogP contribution in [0.5, 0.6) is 5.75 Å². The van der Waals surface area contributed by atoms with Gasteiger partial charge in [-0.3, -0.25) is 4.79 Å². The van der Waals surface area contributed by atoms with E-state index in [1.54, 1.807) is 7.11 Å². The summed E-state index contributed by atoms with van der Waals surface area (Å²) in [7, 11) is 1.61. The van der Waals surface area contributed by atoms with Gasteiger partial charge < -0.3 is 15.4 Å². The van der Waals surface area contributed by atoms with Crippen molar-refractivity contribution in [2.45, 2.75) is 26.2 Å². The van der Waals surface area contributed by atoms with E-state index in [0.29, 0.717) is 17.4 Å².